The molecule has 0 amide bonds. The Morgan fingerprint density at radius 3 is 2.65 bits per heavy atom. The van der Waals surface area contributed by atoms with Crippen LogP contribution in [0.25, 0.3) is 0 Å². The Morgan fingerprint density at radius 1 is 1.29 bits per heavy atom. The van der Waals surface area contributed by atoms with Gasteiger partial charge in [-0.15, -0.1) is 0 Å². The number of nitrogens with zero attached hydrogens (tertiary/aromatic N) is 1. The molecule has 0 bridgehead atoms. The lowest BCUT2D eigenvalue weighted by Gasteiger charge is -2.18. The highest BCUT2D eigenvalue weighted by Crippen LogP contribution is 2.27. The first-order chi connectivity index (χ1) is 8.22. The van der Waals surface area contributed by atoms with Gasteiger partial charge in [0.15, 0.2) is 0 Å². The number of aryl methyl sites for hydroxylation is 1. The molecule has 92 valence electrons. The highest BCUT2D eigenvalue weighted by Gasteiger charge is 2.35. The van der Waals surface area contributed by atoms with Crippen LogP contribution in [0.4, 0.5) is 4.39 Å². The zero-order valence-corrected chi connectivity index (χ0v) is 10.2. The summed E-state index contributed by atoms with van der Waals surface area (Å²) in [6.45, 7) is 7.69. The Labute approximate surface area is 102 Å². The monoisotopic (exact) mass is 234 g/mol. The summed E-state index contributed by atoms with van der Waals surface area (Å²) in [4.78, 5) is 2.51. The molecule has 2 aliphatic heterocycles. The van der Waals surface area contributed by atoms with Crippen LogP contribution in [0.15, 0.2) is 18.2 Å². The SMILES string of the molecule is Cc1cc(F)ccc1CN1C[C@H]2CNC[C@H]2C1. The van der Waals surface area contributed by atoms with Crippen molar-refractivity contribution < 1.29 is 4.39 Å². The standard InChI is InChI=1S/C14H19FN2/c1-10-4-14(15)3-2-11(10)7-17-8-12-5-16-6-13(12)9-17/h2-4,12-13,16H,5-9H2,1H3/t12-,13+. The van der Waals surface area contributed by atoms with Gasteiger partial charge in [0, 0.05) is 19.6 Å². The fraction of sp³-hybridized carbons (Fsp3) is 0.571. The second-order valence-corrected chi connectivity index (χ2v) is 5.44. The largest absolute Gasteiger partial charge is 0.316 e. The van der Waals surface area contributed by atoms with Gasteiger partial charge in [-0.05, 0) is 55.1 Å². The number of fused-ring (bicyclic) bond motifs is 1. The van der Waals surface area contributed by atoms with E-state index in [-0.39, 0.29) is 5.82 Å². The quantitative estimate of drug-likeness (QED) is 0.839. The van der Waals surface area contributed by atoms with Crippen molar-refractivity contribution in [2.75, 3.05) is 26.2 Å². The lowest BCUT2D eigenvalue weighted by Crippen LogP contribution is -2.25. The fourth-order valence-corrected chi connectivity index (χ4v) is 3.16. The second kappa shape index (κ2) is 4.39. The normalized spacial score (nSPS) is 28.6. The molecular formula is C14H19FN2. The average Bonchev–Trinajstić information content (AvgIpc) is 2.82. The molecule has 0 unspecified atom stereocenters. The Bertz CT molecular complexity index is 407. The number of rotatable bonds is 2. The second-order valence-electron chi connectivity index (χ2n) is 5.44. The lowest BCUT2D eigenvalue weighted by atomic mass is 10.0. The Hall–Kier alpha value is -0.930. The first kappa shape index (κ1) is 11.2. The Balaban J connectivity index is 1.67. The molecule has 3 rings (SSSR count). The molecule has 0 aromatic heterocycles. The zero-order chi connectivity index (χ0) is 11.8. The van der Waals surface area contributed by atoms with Crippen LogP contribution in [0.1, 0.15) is 11.1 Å². The molecule has 2 heterocycles. The van der Waals surface area contributed by atoms with Crippen molar-refractivity contribution in [3.63, 3.8) is 0 Å². The Kier molecular flexibility index (Phi) is 2.89. The number of hydrogen-bond acceptors (Lipinski definition) is 2. The highest BCUT2D eigenvalue weighted by molar-refractivity contribution is 5.26. The van der Waals surface area contributed by atoms with E-state index in [4.69, 9.17) is 0 Å². The molecule has 1 N–H and O–H groups in total. The van der Waals surface area contributed by atoms with Crippen molar-refractivity contribution in [3.05, 3.63) is 35.1 Å². The van der Waals surface area contributed by atoms with E-state index in [0.29, 0.717) is 0 Å². The third kappa shape index (κ3) is 2.22. The van der Waals surface area contributed by atoms with Gasteiger partial charge in [-0.2, -0.15) is 0 Å². The summed E-state index contributed by atoms with van der Waals surface area (Å²) in [5.41, 5.74) is 2.33. The predicted molar refractivity (Wildman–Crippen MR) is 66.3 cm³/mol. The van der Waals surface area contributed by atoms with Gasteiger partial charge in [-0.25, -0.2) is 4.39 Å². The third-order valence-electron chi connectivity index (χ3n) is 4.16. The van der Waals surface area contributed by atoms with Crippen molar-refractivity contribution in [3.8, 4) is 0 Å². The average molecular weight is 234 g/mol. The maximum Gasteiger partial charge on any atom is 0.123 e. The minimum absolute atomic E-state index is 0.131. The van der Waals surface area contributed by atoms with Gasteiger partial charge in [-0.3, -0.25) is 4.90 Å². The summed E-state index contributed by atoms with van der Waals surface area (Å²) in [5.74, 6) is 1.53. The van der Waals surface area contributed by atoms with Gasteiger partial charge in [0.25, 0.3) is 0 Å². The number of halogens is 1. The molecule has 1 aromatic rings. The number of benzene rings is 1. The molecule has 2 nitrogen and oxygen atoms in total. The molecule has 0 aliphatic carbocycles. The van der Waals surface area contributed by atoms with Crippen molar-refractivity contribution >= 4 is 0 Å². The zero-order valence-electron chi connectivity index (χ0n) is 10.2. The van der Waals surface area contributed by atoms with Crippen molar-refractivity contribution in [2.24, 2.45) is 11.8 Å². The molecule has 2 saturated heterocycles. The van der Waals surface area contributed by atoms with E-state index < -0.39 is 0 Å². The Morgan fingerprint density at radius 2 is 2.00 bits per heavy atom. The molecule has 0 saturated carbocycles. The van der Waals surface area contributed by atoms with Crippen LogP contribution in [-0.2, 0) is 6.54 Å². The number of hydrogen-bond donors (Lipinski definition) is 1. The van der Waals surface area contributed by atoms with Gasteiger partial charge in [0.05, 0.1) is 0 Å². The van der Waals surface area contributed by atoms with E-state index in [1.54, 1.807) is 12.1 Å². The molecule has 0 spiro atoms. The number of likely N-dealkylation sites (tertiary alicyclic amines) is 1. The summed E-state index contributed by atoms with van der Waals surface area (Å²) in [6, 6.07) is 5.13. The van der Waals surface area contributed by atoms with Crippen molar-refractivity contribution in [1.29, 1.82) is 0 Å². The topological polar surface area (TPSA) is 15.3 Å². The predicted octanol–water partition coefficient (Wildman–Crippen LogP) is 1.79. The first-order valence-corrected chi connectivity index (χ1v) is 6.40. The van der Waals surface area contributed by atoms with Crippen LogP contribution in [0.5, 0.6) is 0 Å². The maximum absolute atomic E-state index is 13.0. The molecule has 2 fully saturated rings. The maximum atomic E-state index is 13.0. The molecule has 0 radical (unpaired) electrons. The van der Waals surface area contributed by atoms with Gasteiger partial charge in [0.1, 0.15) is 5.82 Å². The summed E-state index contributed by atoms with van der Waals surface area (Å²) >= 11 is 0. The van der Waals surface area contributed by atoms with E-state index in [2.05, 4.69) is 10.2 Å². The summed E-state index contributed by atoms with van der Waals surface area (Å²) in [6.07, 6.45) is 0. The summed E-state index contributed by atoms with van der Waals surface area (Å²) in [7, 11) is 0. The van der Waals surface area contributed by atoms with Crippen LogP contribution >= 0.6 is 0 Å². The van der Waals surface area contributed by atoms with Crippen LogP contribution in [0.2, 0.25) is 0 Å². The van der Waals surface area contributed by atoms with Crippen molar-refractivity contribution in [1.82, 2.24) is 10.2 Å². The first-order valence-electron chi connectivity index (χ1n) is 6.40. The fourth-order valence-electron chi connectivity index (χ4n) is 3.16. The molecule has 2 aliphatic rings. The van der Waals surface area contributed by atoms with Gasteiger partial charge in [0.2, 0.25) is 0 Å². The van der Waals surface area contributed by atoms with E-state index >= 15 is 0 Å². The van der Waals surface area contributed by atoms with Gasteiger partial charge in [-0.1, -0.05) is 6.07 Å². The van der Waals surface area contributed by atoms with Gasteiger partial charge < -0.3 is 5.32 Å². The smallest absolute Gasteiger partial charge is 0.123 e. The molecule has 2 atom stereocenters. The van der Waals surface area contributed by atoms with Crippen LogP contribution in [0, 0.1) is 24.6 Å². The van der Waals surface area contributed by atoms with E-state index in [9.17, 15) is 4.39 Å². The molecule has 3 heteroatoms. The van der Waals surface area contributed by atoms with E-state index in [0.717, 1.165) is 23.9 Å². The van der Waals surface area contributed by atoms with Crippen molar-refractivity contribution in [2.45, 2.75) is 13.5 Å². The molecular weight excluding hydrogens is 215 g/mol. The summed E-state index contributed by atoms with van der Waals surface area (Å²) < 4.78 is 13.0. The van der Waals surface area contributed by atoms with E-state index in [1.165, 1.54) is 31.7 Å². The highest BCUT2D eigenvalue weighted by atomic mass is 19.1. The summed E-state index contributed by atoms with van der Waals surface area (Å²) in [5, 5.41) is 3.45. The minimum Gasteiger partial charge on any atom is -0.316 e. The van der Waals surface area contributed by atoms with Crippen LogP contribution in [-0.4, -0.2) is 31.1 Å². The van der Waals surface area contributed by atoms with Crippen LogP contribution < -0.4 is 5.32 Å². The minimum atomic E-state index is -0.131. The van der Waals surface area contributed by atoms with E-state index in [1.807, 2.05) is 13.0 Å². The molecule has 17 heavy (non-hydrogen) atoms. The van der Waals surface area contributed by atoms with Crippen LogP contribution in [0.3, 0.4) is 0 Å². The molecule has 1 aromatic carbocycles. The third-order valence-corrected chi connectivity index (χ3v) is 4.16. The number of nitrogens with one attached hydrogen (secondary N) is 1. The lowest BCUT2D eigenvalue weighted by molar-refractivity contribution is 0.305. The van der Waals surface area contributed by atoms with Gasteiger partial charge >= 0.3 is 0 Å².